The molecule has 0 aliphatic carbocycles. The summed E-state index contributed by atoms with van der Waals surface area (Å²) >= 11 is 0. The van der Waals surface area contributed by atoms with Crippen LogP contribution in [-0.4, -0.2) is 24.5 Å². The van der Waals surface area contributed by atoms with Crippen molar-refractivity contribution in [3.63, 3.8) is 0 Å². The number of carbonyl (C=O) groups is 1. The first kappa shape index (κ1) is 13.9. The van der Waals surface area contributed by atoms with E-state index in [2.05, 4.69) is 9.71 Å². The van der Waals surface area contributed by atoms with Gasteiger partial charge in [0.2, 0.25) is 0 Å². The number of rotatable bonds is 4. The Labute approximate surface area is 114 Å². The number of sulfonamides is 1. The van der Waals surface area contributed by atoms with Gasteiger partial charge in [0.15, 0.2) is 0 Å². The fourth-order valence-electron chi connectivity index (χ4n) is 1.47. The predicted octanol–water partition coefficient (Wildman–Crippen LogP) is 1.72. The average Bonchev–Trinajstić information content (AvgIpc) is 2.38. The van der Waals surface area contributed by atoms with Gasteiger partial charge in [-0.3, -0.25) is 9.71 Å². The van der Waals surface area contributed by atoms with Crippen molar-refractivity contribution in [1.29, 1.82) is 0 Å². The first-order valence-corrected chi connectivity index (χ1v) is 6.83. The summed E-state index contributed by atoms with van der Waals surface area (Å²) in [7, 11) is -4.02. The summed E-state index contributed by atoms with van der Waals surface area (Å²) in [6.45, 7) is 0. The van der Waals surface area contributed by atoms with E-state index in [9.17, 15) is 17.6 Å². The molecule has 0 saturated heterocycles. The number of benzene rings is 1. The molecule has 0 aliphatic rings. The van der Waals surface area contributed by atoms with E-state index in [4.69, 9.17) is 5.11 Å². The molecule has 0 amide bonds. The monoisotopic (exact) mass is 296 g/mol. The third-order valence-corrected chi connectivity index (χ3v) is 3.70. The maximum absolute atomic E-state index is 13.0. The van der Waals surface area contributed by atoms with Gasteiger partial charge in [0.25, 0.3) is 10.0 Å². The number of carboxylic acid groups (broad SMARTS) is 1. The number of anilines is 1. The topological polar surface area (TPSA) is 96.4 Å². The molecule has 0 radical (unpaired) electrons. The number of hydrogen-bond acceptors (Lipinski definition) is 4. The van der Waals surface area contributed by atoms with E-state index in [1.165, 1.54) is 18.2 Å². The van der Waals surface area contributed by atoms with Crippen LogP contribution in [0, 0.1) is 5.82 Å². The SMILES string of the molecule is O=C(O)c1cccc(NS(=O)(=O)c2cncc(F)c2)c1. The van der Waals surface area contributed by atoms with E-state index >= 15 is 0 Å². The van der Waals surface area contributed by atoms with Crippen LogP contribution < -0.4 is 4.72 Å². The molecule has 0 fully saturated rings. The Balaban J connectivity index is 2.33. The number of hydrogen-bond donors (Lipinski definition) is 2. The van der Waals surface area contributed by atoms with E-state index in [0.29, 0.717) is 0 Å². The standard InChI is InChI=1S/C12H9FN2O4S/c13-9-5-11(7-14-6-9)20(18,19)15-10-3-1-2-8(4-10)12(16)17/h1-7,15H,(H,16,17). The molecule has 0 atom stereocenters. The van der Waals surface area contributed by atoms with Gasteiger partial charge in [-0.05, 0) is 24.3 Å². The van der Waals surface area contributed by atoms with Crippen LogP contribution in [0.2, 0.25) is 0 Å². The van der Waals surface area contributed by atoms with E-state index in [1.807, 2.05) is 0 Å². The summed E-state index contributed by atoms with van der Waals surface area (Å²) in [6, 6.07) is 6.08. The quantitative estimate of drug-likeness (QED) is 0.895. The van der Waals surface area contributed by atoms with E-state index in [-0.39, 0.29) is 16.1 Å². The summed E-state index contributed by atoms with van der Waals surface area (Å²) < 4.78 is 39.1. The molecule has 0 aliphatic heterocycles. The van der Waals surface area contributed by atoms with Crippen molar-refractivity contribution < 1.29 is 22.7 Å². The zero-order valence-corrected chi connectivity index (χ0v) is 10.8. The maximum Gasteiger partial charge on any atom is 0.335 e. The highest BCUT2D eigenvalue weighted by Gasteiger charge is 2.16. The summed E-state index contributed by atoms with van der Waals surface area (Å²) in [5.74, 6) is -1.97. The Morgan fingerprint density at radius 3 is 2.65 bits per heavy atom. The number of aromatic carboxylic acids is 1. The molecule has 2 N–H and O–H groups in total. The van der Waals surface area contributed by atoms with Crippen molar-refractivity contribution in [1.82, 2.24) is 4.98 Å². The molecular formula is C12H9FN2O4S. The van der Waals surface area contributed by atoms with Crippen LogP contribution in [0.1, 0.15) is 10.4 Å². The van der Waals surface area contributed by atoms with Crippen LogP contribution in [0.5, 0.6) is 0 Å². The van der Waals surface area contributed by atoms with Crippen molar-refractivity contribution in [2.45, 2.75) is 4.90 Å². The molecule has 1 aromatic carbocycles. The van der Waals surface area contributed by atoms with Crippen LogP contribution in [0.3, 0.4) is 0 Å². The summed E-state index contributed by atoms with van der Waals surface area (Å²) in [6.07, 6.45) is 1.87. The van der Waals surface area contributed by atoms with Gasteiger partial charge in [0.1, 0.15) is 10.7 Å². The van der Waals surface area contributed by atoms with Gasteiger partial charge in [-0.25, -0.2) is 17.6 Å². The van der Waals surface area contributed by atoms with Crippen molar-refractivity contribution in [2.24, 2.45) is 0 Å². The second-order valence-corrected chi connectivity index (χ2v) is 5.51. The minimum atomic E-state index is -4.02. The molecule has 104 valence electrons. The van der Waals surface area contributed by atoms with Crippen LogP contribution in [0.25, 0.3) is 0 Å². The van der Waals surface area contributed by atoms with Crippen LogP contribution in [-0.2, 0) is 10.0 Å². The fourth-order valence-corrected chi connectivity index (χ4v) is 2.49. The Kier molecular flexibility index (Phi) is 3.66. The highest BCUT2D eigenvalue weighted by molar-refractivity contribution is 7.92. The first-order chi connectivity index (χ1) is 9.38. The molecule has 1 aromatic heterocycles. The van der Waals surface area contributed by atoms with Gasteiger partial charge in [-0.1, -0.05) is 6.07 Å². The van der Waals surface area contributed by atoms with Gasteiger partial charge in [-0.15, -0.1) is 0 Å². The Morgan fingerprint density at radius 2 is 2.00 bits per heavy atom. The number of halogens is 1. The van der Waals surface area contributed by atoms with Crippen LogP contribution >= 0.6 is 0 Å². The third kappa shape index (κ3) is 3.09. The molecule has 0 unspecified atom stereocenters. The predicted molar refractivity (Wildman–Crippen MR) is 68.4 cm³/mol. The second-order valence-electron chi connectivity index (χ2n) is 3.83. The molecule has 0 saturated carbocycles. The highest BCUT2D eigenvalue weighted by atomic mass is 32.2. The van der Waals surface area contributed by atoms with Gasteiger partial charge in [0, 0.05) is 11.9 Å². The Morgan fingerprint density at radius 1 is 1.25 bits per heavy atom. The van der Waals surface area contributed by atoms with Crippen molar-refractivity contribution in [3.05, 3.63) is 54.1 Å². The number of nitrogens with zero attached hydrogens (tertiary/aromatic N) is 1. The number of carboxylic acids is 1. The smallest absolute Gasteiger partial charge is 0.335 e. The largest absolute Gasteiger partial charge is 0.478 e. The number of nitrogens with one attached hydrogen (secondary N) is 1. The van der Waals surface area contributed by atoms with Gasteiger partial charge < -0.3 is 5.11 Å². The van der Waals surface area contributed by atoms with E-state index in [0.717, 1.165) is 24.5 Å². The highest BCUT2D eigenvalue weighted by Crippen LogP contribution is 2.17. The molecular weight excluding hydrogens is 287 g/mol. The molecule has 0 bridgehead atoms. The van der Waals surface area contributed by atoms with Gasteiger partial charge in [-0.2, -0.15) is 0 Å². The lowest BCUT2D eigenvalue weighted by molar-refractivity contribution is 0.0697. The van der Waals surface area contributed by atoms with Crippen molar-refractivity contribution >= 4 is 21.7 Å². The van der Waals surface area contributed by atoms with Gasteiger partial charge in [0.05, 0.1) is 11.8 Å². The van der Waals surface area contributed by atoms with E-state index < -0.39 is 21.8 Å². The zero-order valence-electron chi connectivity index (χ0n) is 9.95. The second kappa shape index (κ2) is 5.25. The minimum absolute atomic E-state index is 0.0640. The molecule has 2 rings (SSSR count). The lowest BCUT2D eigenvalue weighted by Gasteiger charge is -2.08. The number of pyridine rings is 1. The van der Waals surface area contributed by atoms with Crippen LogP contribution in [0.4, 0.5) is 10.1 Å². The maximum atomic E-state index is 13.0. The lowest BCUT2D eigenvalue weighted by atomic mass is 10.2. The van der Waals surface area contributed by atoms with Gasteiger partial charge >= 0.3 is 5.97 Å². The molecule has 2 aromatic rings. The minimum Gasteiger partial charge on any atom is -0.478 e. The molecule has 8 heteroatoms. The normalized spacial score (nSPS) is 11.1. The van der Waals surface area contributed by atoms with Crippen molar-refractivity contribution in [3.8, 4) is 0 Å². The summed E-state index contributed by atoms with van der Waals surface area (Å²) in [4.78, 5) is 13.9. The molecule has 20 heavy (non-hydrogen) atoms. The zero-order chi connectivity index (χ0) is 14.8. The first-order valence-electron chi connectivity index (χ1n) is 5.35. The summed E-state index contributed by atoms with van der Waals surface area (Å²) in [5, 5.41) is 8.82. The molecule has 0 spiro atoms. The Hall–Kier alpha value is -2.48. The van der Waals surface area contributed by atoms with E-state index in [1.54, 1.807) is 0 Å². The molecule has 1 heterocycles. The average molecular weight is 296 g/mol. The number of aromatic nitrogens is 1. The van der Waals surface area contributed by atoms with Crippen LogP contribution in [0.15, 0.2) is 47.6 Å². The summed E-state index contributed by atoms with van der Waals surface area (Å²) in [5.41, 5.74) is -0.00303. The lowest BCUT2D eigenvalue weighted by Crippen LogP contribution is -2.14. The Bertz CT molecular complexity index is 762. The fraction of sp³-hybridized carbons (Fsp3) is 0. The molecule has 6 nitrogen and oxygen atoms in total. The third-order valence-electron chi connectivity index (χ3n) is 2.35. The van der Waals surface area contributed by atoms with Crippen molar-refractivity contribution in [2.75, 3.05) is 4.72 Å².